The number of carbonyl (C=O) groups is 1. The molecule has 1 atom stereocenters. The number of allylic oxidation sites excluding steroid dienone is 1. The van der Waals surface area contributed by atoms with E-state index in [2.05, 4.69) is 18.3 Å². The lowest BCUT2D eigenvalue weighted by Gasteiger charge is -2.15. The van der Waals surface area contributed by atoms with Crippen molar-refractivity contribution in [2.75, 3.05) is 13.2 Å². The molecular formula is C12H23NO2. The maximum atomic E-state index is 11.5. The summed E-state index contributed by atoms with van der Waals surface area (Å²) in [4.78, 5) is 11.5. The van der Waals surface area contributed by atoms with Crippen molar-refractivity contribution in [2.45, 2.75) is 46.6 Å². The summed E-state index contributed by atoms with van der Waals surface area (Å²) >= 11 is 0. The fraction of sp³-hybridized carbons (Fsp3) is 0.750. The molecule has 0 fully saturated rings. The third-order valence-electron chi connectivity index (χ3n) is 2.02. The van der Waals surface area contributed by atoms with Gasteiger partial charge in [0.05, 0.1) is 6.61 Å². The zero-order valence-electron chi connectivity index (χ0n) is 10.3. The summed E-state index contributed by atoms with van der Waals surface area (Å²) < 4.78 is 4.99. The van der Waals surface area contributed by atoms with E-state index in [4.69, 9.17) is 4.74 Å². The Kier molecular flexibility index (Phi) is 8.01. The van der Waals surface area contributed by atoms with E-state index in [9.17, 15) is 4.79 Å². The first-order valence-corrected chi connectivity index (χ1v) is 5.65. The molecule has 88 valence electrons. The third kappa shape index (κ3) is 7.14. The second-order valence-corrected chi connectivity index (χ2v) is 3.78. The van der Waals surface area contributed by atoms with Crippen molar-refractivity contribution in [3.63, 3.8) is 0 Å². The number of esters is 1. The van der Waals surface area contributed by atoms with E-state index in [0.717, 1.165) is 19.4 Å². The van der Waals surface area contributed by atoms with Gasteiger partial charge in [-0.15, -0.1) is 0 Å². The maximum absolute atomic E-state index is 11.5. The average molecular weight is 213 g/mol. The van der Waals surface area contributed by atoms with Crippen LogP contribution in [0.4, 0.5) is 0 Å². The molecule has 3 heteroatoms. The Morgan fingerprint density at radius 3 is 2.53 bits per heavy atom. The lowest BCUT2D eigenvalue weighted by Crippen LogP contribution is -2.38. The molecule has 0 aliphatic rings. The lowest BCUT2D eigenvalue weighted by molar-refractivity contribution is -0.145. The largest absolute Gasteiger partial charge is 0.465 e. The highest BCUT2D eigenvalue weighted by Gasteiger charge is 2.16. The van der Waals surface area contributed by atoms with Gasteiger partial charge in [-0.2, -0.15) is 0 Å². The first kappa shape index (κ1) is 14.2. The van der Waals surface area contributed by atoms with E-state index in [-0.39, 0.29) is 12.0 Å². The molecule has 0 aliphatic heterocycles. The average Bonchev–Trinajstić information content (AvgIpc) is 2.16. The van der Waals surface area contributed by atoms with Gasteiger partial charge in [0, 0.05) is 6.54 Å². The van der Waals surface area contributed by atoms with E-state index in [1.807, 2.05) is 20.8 Å². The summed E-state index contributed by atoms with van der Waals surface area (Å²) in [6, 6.07) is -0.162. The Labute approximate surface area is 92.9 Å². The van der Waals surface area contributed by atoms with Crippen molar-refractivity contribution in [3.05, 3.63) is 11.6 Å². The molecule has 0 aromatic carbocycles. The predicted molar refractivity (Wildman–Crippen MR) is 62.8 cm³/mol. The van der Waals surface area contributed by atoms with E-state index in [1.165, 1.54) is 5.57 Å². The second-order valence-electron chi connectivity index (χ2n) is 3.78. The van der Waals surface area contributed by atoms with Crippen molar-refractivity contribution in [1.29, 1.82) is 0 Å². The Bertz CT molecular complexity index is 208. The number of ether oxygens (including phenoxy) is 1. The summed E-state index contributed by atoms with van der Waals surface area (Å²) in [5.41, 5.74) is 1.25. The van der Waals surface area contributed by atoms with Crippen molar-refractivity contribution in [3.8, 4) is 0 Å². The molecule has 0 amide bonds. The second kappa shape index (κ2) is 8.48. The third-order valence-corrected chi connectivity index (χ3v) is 2.02. The molecule has 1 N–H and O–H groups in total. The highest BCUT2D eigenvalue weighted by molar-refractivity contribution is 5.75. The molecular weight excluding hydrogens is 190 g/mol. The Morgan fingerprint density at radius 1 is 1.40 bits per heavy atom. The van der Waals surface area contributed by atoms with Gasteiger partial charge < -0.3 is 10.1 Å². The number of carbonyl (C=O) groups excluding carboxylic acids is 1. The van der Waals surface area contributed by atoms with Gasteiger partial charge in [0.25, 0.3) is 0 Å². The van der Waals surface area contributed by atoms with Gasteiger partial charge in [0.1, 0.15) is 6.04 Å². The number of rotatable bonds is 7. The fourth-order valence-corrected chi connectivity index (χ4v) is 1.24. The van der Waals surface area contributed by atoms with Crippen LogP contribution in [0.5, 0.6) is 0 Å². The highest BCUT2D eigenvalue weighted by atomic mass is 16.5. The molecule has 3 nitrogen and oxygen atoms in total. The van der Waals surface area contributed by atoms with E-state index >= 15 is 0 Å². The van der Waals surface area contributed by atoms with Crippen LogP contribution in [0.25, 0.3) is 0 Å². The van der Waals surface area contributed by atoms with Crippen LogP contribution in [0.15, 0.2) is 11.6 Å². The predicted octanol–water partition coefficient (Wildman–Crippen LogP) is 2.27. The topological polar surface area (TPSA) is 38.3 Å². The van der Waals surface area contributed by atoms with Crippen LogP contribution < -0.4 is 5.32 Å². The normalized spacial score (nSPS) is 12.0. The quantitative estimate of drug-likeness (QED) is 0.521. The van der Waals surface area contributed by atoms with Gasteiger partial charge in [0.2, 0.25) is 0 Å². The van der Waals surface area contributed by atoms with Crippen molar-refractivity contribution in [1.82, 2.24) is 5.32 Å². The van der Waals surface area contributed by atoms with Gasteiger partial charge >= 0.3 is 5.97 Å². The first-order valence-electron chi connectivity index (χ1n) is 5.65. The minimum atomic E-state index is -0.162. The Morgan fingerprint density at radius 2 is 2.07 bits per heavy atom. The van der Waals surface area contributed by atoms with E-state index in [1.54, 1.807) is 0 Å². The molecule has 0 aromatic heterocycles. The molecule has 0 spiro atoms. The Hall–Kier alpha value is -0.830. The van der Waals surface area contributed by atoms with Crippen LogP contribution in [-0.4, -0.2) is 25.2 Å². The van der Waals surface area contributed by atoms with Crippen LogP contribution in [0.3, 0.4) is 0 Å². The molecule has 0 rings (SSSR count). The smallest absolute Gasteiger partial charge is 0.323 e. The lowest BCUT2D eigenvalue weighted by atomic mass is 10.1. The minimum absolute atomic E-state index is 0.137. The van der Waals surface area contributed by atoms with Crippen LogP contribution >= 0.6 is 0 Å². The van der Waals surface area contributed by atoms with Gasteiger partial charge in [0.15, 0.2) is 0 Å². The van der Waals surface area contributed by atoms with Crippen LogP contribution in [0, 0.1) is 0 Å². The molecule has 15 heavy (non-hydrogen) atoms. The summed E-state index contributed by atoms with van der Waals surface area (Å²) in [6.07, 6.45) is 3.88. The van der Waals surface area contributed by atoms with Crippen LogP contribution in [0.2, 0.25) is 0 Å². The monoisotopic (exact) mass is 213 g/mol. The molecule has 0 bridgehead atoms. The summed E-state index contributed by atoms with van der Waals surface area (Å²) in [7, 11) is 0. The molecule has 0 aliphatic carbocycles. The maximum Gasteiger partial charge on any atom is 0.323 e. The number of hydrogen-bond acceptors (Lipinski definition) is 3. The molecule has 0 saturated heterocycles. The van der Waals surface area contributed by atoms with E-state index in [0.29, 0.717) is 6.61 Å². The molecule has 1 unspecified atom stereocenters. The zero-order valence-corrected chi connectivity index (χ0v) is 10.3. The zero-order chi connectivity index (χ0) is 11.7. The summed E-state index contributed by atoms with van der Waals surface area (Å²) in [5, 5.41) is 3.19. The van der Waals surface area contributed by atoms with Crippen LogP contribution in [-0.2, 0) is 9.53 Å². The van der Waals surface area contributed by atoms with Crippen LogP contribution in [0.1, 0.15) is 40.5 Å². The standard InChI is InChI=1S/C12H23NO2/c1-5-7-11(12(14)15-6-2)13-9-8-10(3)4/h8,11,13H,5-7,9H2,1-4H3. The highest BCUT2D eigenvalue weighted by Crippen LogP contribution is 2.00. The summed E-state index contributed by atoms with van der Waals surface area (Å²) in [5.74, 6) is -0.137. The van der Waals surface area contributed by atoms with Gasteiger partial charge in [-0.25, -0.2) is 0 Å². The molecule has 0 saturated carbocycles. The number of nitrogens with one attached hydrogen (secondary N) is 1. The Balaban J connectivity index is 4.03. The molecule has 0 radical (unpaired) electrons. The van der Waals surface area contributed by atoms with Crippen molar-refractivity contribution >= 4 is 5.97 Å². The first-order chi connectivity index (χ1) is 7.11. The van der Waals surface area contributed by atoms with Crippen molar-refractivity contribution < 1.29 is 9.53 Å². The van der Waals surface area contributed by atoms with Gasteiger partial charge in [-0.3, -0.25) is 4.79 Å². The minimum Gasteiger partial charge on any atom is -0.465 e. The SMILES string of the molecule is CCCC(NCC=C(C)C)C(=O)OCC. The van der Waals surface area contributed by atoms with E-state index < -0.39 is 0 Å². The molecule has 0 heterocycles. The fourth-order valence-electron chi connectivity index (χ4n) is 1.24. The van der Waals surface area contributed by atoms with Crippen molar-refractivity contribution in [2.24, 2.45) is 0 Å². The van der Waals surface area contributed by atoms with Gasteiger partial charge in [-0.05, 0) is 27.2 Å². The van der Waals surface area contributed by atoms with Gasteiger partial charge in [-0.1, -0.05) is 25.0 Å². The number of hydrogen-bond donors (Lipinski definition) is 1. The summed E-state index contributed by atoms with van der Waals surface area (Å²) in [6.45, 7) is 9.16. The molecule has 0 aromatic rings.